The van der Waals surface area contributed by atoms with Gasteiger partial charge in [-0.05, 0) is 12.6 Å². The number of methoxy groups -OCH3 is 1. The maximum atomic E-state index is 11.4. The van der Waals surface area contributed by atoms with Crippen molar-refractivity contribution in [1.82, 2.24) is 0 Å². The smallest absolute Gasteiger partial charge is 0.164 e. The molecular formula is C11H15NO3. The molecule has 0 amide bonds. The number of rotatable bonds is 5. The van der Waals surface area contributed by atoms with E-state index in [-0.39, 0.29) is 11.5 Å². The van der Waals surface area contributed by atoms with Crippen LogP contribution in [0.5, 0.6) is 5.75 Å². The summed E-state index contributed by atoms with van der Waals surface area (Å²) < 4.78 is 4.89. The molecule has 1 aromatic rings. The van der Waals surface area contributed by atoms with Gasteiger partial charge in [-0.15, -0.1) is 0 Å². The third-order valence-corrected chi connectivity index (χ3v) is 2.08. The lowest BCUT2D eigenvalue weighted by Gasteiger charge is -2.05. The number of phenolic OH excluding ortho intramolecular Hbond substituents is 1. The first kappa shape index (κ1) is 11.7. The number of hydrogen-bond acceptors (Lipinski definition) is 4. The zero-order valence-electron chi connectivity index (χ0n) is 8.69. The Bertz CT molecular complexity index is 350. The van der Waals surface area contributed by atoms with E-state index in [0.717, 1.165) is 0 Å². The van der Waals surface area contributed by atoms with Crippen LogP contribution in [0, 0.1) is 0 Å². The summed E-state index contributed by atoms with van der Waals surface area (Å²) in [5, 5.41) is 9.58. The fourth-order valence-corrected chi connectivity index (χ4v) is 1.29. The lowest BCUT2D eigenvalue weighted by molar-refractivity contribution is 0.0985. The van der Waals surface area contributed by atoms with Crippen molar-refractivity contribution in [3.63, 3.8) is 0 Å². The molecule has 0 aliphatic carbocycles. The van der Waals surface area contributed by atoms with Gasteiger partial charge in [-0.3, -0.25) is 4.79 Å². The van der Waals surface area contributed by atoms with Crippen LogP contribution >= 0.6 is 0 Å². The first-order chi connectivity index (χ1) is 7.19. The van der Waals surface area contributed by atoms with Gasteiger partial charge in [-0.2, -0.15) is 0 Å². The molecule has 82 valence electrons. The maximum Gasteiger partial charge on any atom is 0.164 e. The summed E-state index contributed by atoms with van der Waals surface area (Å²) in [5.74, 6) is 0.0245. The maximum absolute atomic E-state index is 11.4. The topological polar surface area (TPSA) is 72.5 Å². The third kappa shape index (κ3) is 3.04. The van der Waals surface area contributed by atoms with Crippen LogP contribution < -0.4 is 5.73 Å². The fraction of sp³-hybridized carbons (Fsp3) is 0.364. The zero-order chi connectivity index (χ0) is 11.3. The number of ketones is 1. The largest absolute Gasteiger partial charge is 0.508 e. The zero-order valence-corrected chi connectivity index (χ0v) is 8.69. The molecule has 3 N–H and O–H groups in total. The Hall–Kier alpha value is -1.39. The first-order valence-corrected chi connectivity index (χ1v) is 4.73. The first-order valence-electron chi connectivity index (χ1n) is 4.73. The Morgan fingerprint density at radius 1 is 1.53 bits per heavy atom. The summed E-state index contributed by atoms with van der Waals surface area (Å²) in [6.07, 6.45) is 0.295. The van der Waals surface area contributed by atoms with Gasteiger partial charge < -0.3 is 15.6 Å². The molecule has 1 aromatic carbocycles. The van der Waals surface area contributed by atoms with Crippen LogP contribution in [0.25, 0.3) is 0 Å². The van der Waals surface area contributed by atoms with Crippen LogP contribution in [0.15, 0.2) is 18.2 Å². The van der Waals surface area contributed by atoms with Gasteiger partial charge in [-0.25, -0.2) is 0 Å². The van der Waals surface area contributed by atoms with E-state index in [4.69, 9.17) is 10.5 Å². The quantitative estimate of drug-likeness (QED) is 0.711. The number of carbonyl (C=O) groups excluding carboxylic acids is 1. The number of benzene rings is 1. The number of Topliss-reactive ketones (excluding diaryl/α,β-unsaturated/α-hetero) is 1. The summed E-state index contributed by atoms with van der Waals surface area (Å²) in [6, 6.07) is 4.81. The summed E-state index contributed by atoms with van der Waals surface area (Å²) in [6.45, 7) is 0.649. The SMILES string of the molecule is COCc1ccc(C(=O)CCN)cc1O. The second kappa shape index (κ2) is 5.48. The second-order valence-electron chi connectivity index (χ2n) is 3.24. The fourth-order valence-electron chi connectivity index (χ4n) is 1.29. The monoisotopic (exact) mass is 209 g/mol. The highest BCUT2D eigenvalue weighted by Gasteiger charge is 2.08. The second-order valence-corrected chi connectivity index (χ2v) is 3.24. The van der Waals surface area contributed by atoms with Gasteiger partial charge in [0.2, 0.25) is 0 Å². The number of ether oxygens (including phenoxy) is 1. The number of aromatic hydroxyl groups is 1. The van der Waals surface area contributed by atoms with Crippen LogP contribution in [-0.2, 0) is 11.3 Å². The van der Waals surface area contributed by atoms with E-state index in [9.17, 15) is 9.90 Å². The lowest BCUT2D eigenvalue weighted by Crippen LogP contribution is -2.08. The molecular weight excluding hydrogens is 194 g/mol. The Kier molecular flexibility index (Phi) is 4.27. The molecule has 0 aliphatic rings. The molecule has 0 aliphatic heterocycles. The predicted molar refractivity (Wildman–Crippen MR) is 56.8 cm³/mol. The number of phenols is 1. The molecule has 1 rings (SSSR count). The Labute approximate surface area is 88.7 Å². The number of nitrogens with two attached hydrogens (primary N) is 1. The highest BCUT2D eigenvalue weighted by Crippen LogP contribution is 2.20. The van der Waals surface area contributed by atoms with E-state index in [1.54, 1.807) is 19.2 Å². The number of carbonyl (C=O) groups is 1. The predicted octanol–water partition coefficient (Wildman–Crippen LogP) is 1.07. The molecule has 0 saturated heterocycles. The van der Waals surface area contributed by atoms with Crippen molar-refractivity contribution in [2.45, 2.75) is 13.0 Å². The van der Waals surface area contributed by atoms with Crippen molar-refractivity contribution >= 4 is 5.78 Å². The van der Waals surface area contributed by atoms with E-state index >= 15 is 0 Å². The van der Waals surface area contributed by atoms with Crippen molar-refractivity contribution < 1.29 is 14.6 Å². The van der Waals surface area contributed by atoms with Crippen LogP contribution in [0.4, 0.5) is 0 Å². The van der Waals surface area contributed by atoms with Gasteiger partial charge >= 0.3 is 0 Å². The molecule has 0 unspecified atom stereocenters. The highest BCUT2D eigenvalue weighted by molar-refractivity contribution is 5.96. The average Bonchev–Trinajstić information content (AvgIpc) is 2.21. The van der Waals surface area contributed by atoms with Gasteiger partial charge in [0.15, 0.2) is 5.78 Å². The lowest BCUT2D eigenvalue weighted by atomic mass is 10.1. The van der Waals surface area contributed by atoms with E-state index in [0.29, 0.717) is 30.7 Å². The molecule has 0 aromatic heterocycles. The molecule has 0 radical (unpaired) electrons. The van der Waals surface area contributed by atoms with Crippen LogP contribution in [0.3, 0.4) is 0 Å². The van der Waals surface area contributed by atoms with E-state index in [2.05, 4.69) is 0 Å². The molecule has 4 heteroatoms. The van der Waals surface area contributed by atoms with Crippen molar-refractivity contribution in [1.29, 1.82) is 0 Å². The van der Waals surface area contributed by atoms with Crippen molar-refractivity contribution in [3.05, 3.63) is 29.3 Å². The van der Waals surface area contributed by atoms with E-state index < -0.39 is 0 Å². The molecule has 0 spiro atoms. The van der Waals surface area contributed by atoms with Gasteiger partial charge in [0, 0.05) is 24.7 Å². The molecule has 0 heterocycles. The van der Waals surface area contributed by atoms with Crippen molar-refractivity contribution in [2.75, 3.05) is 13.7 Å². The van der Waals surface area contributed by atoms with Crippen LogP contribution in [0.2, 0.25) is 0 Å². The third-order valence-electron chi connectivity index (χ3n) is 2.08. The van der Waals surface area contributed by atoms with Gasteiger partial charge in [-0.1, -0.05) is 12.1 Å². The molecule has 0 saturated carbocycles. The van der Waals surface area contributed by atoms with Crippen molar-refractivity contribution in [2.24, 2.45) is 5.73 Å². The minimum absolute atomic E-state index is 0.0585. The molecule has 0 bridgehead atoms. The molecule has 0 atom stereocenters. The Morgan fingerprint density at radius 3 is 2.80 bits per heavy atom. The van der Waals surface area contributed by atoms with E-state index in [1.165, 1.54) is 6.07 Å². The van der Waals surface area contributed by atoms with E-state index in [1.807, 2.05) is 0 Å². The average molecular weight is 209 g/mol. The number of hydrogen-bond donors (Lipinski definition) is 2. The Balaban J connectivity index is 2.86. The van der Waals surface area contributed by atoms with Gasteiger partial charge in [0.1, 0.15) is 5.75 Å². The van der Waals surface area contributed by atoms with Crippen LogP contribution in [-0.4, -0.2) is 24.5 Å². The molecule has 4 nitrogen and oxygen atoms in total. The highest BCUT2D eigenvalue weighted by atomic mass is 16.5. The van der Waals surface area contributed by atoms with Crippen LogP contribution in [0.1, 0.15) is 22.3 Å². The molecule has 0 fully saturated rings. The van der Waals surface area contributed by atoms with Crippen molar-refractivity contribution in [3.8, 4) is 5.75 Å². The minimum atomic E-state index is -0.0585. The summed E-state index contributed by atoms with van der Waals surface area (Å²) in [5.41, 5.74) is 6.43. The minimum Gasteiger partial charge on any atom is -0.508 e. The Morgan fingerprint density at radius 2 is 2.27 bits per heavy atom. The molecule has 15 heavy (non-hydrogen) atoms. The summed E-state index contributed by atoms with van der Waals surface area (Å²) in [4.78, 5) is 11.4. The van der Waals surface area contributed by atoms with Gasteiger partial charge in [0.25, 0.3) is 0 Å². The summed E-state index contributed by atoms with van der Waals surface area (Å²) >= 11 is 0. The van der Waals surface area contributed by atoms with Gasteiger partial charge in [0.05, 0.1) is 6.61 Å². The summed E-state index contributed by atoms with van der Waals surface area (Å²) in [7, 11) is 1.55. The normalized spacial score (nSPS) is 10.3. The standard InChI is InChI=1S/C11H15NO3/c1-15-7-9-3-2-8(6-11(9)14)10(13)4-5-12/h2-3,6,14H,4-5,7,12H2,1H3.